The number of hydrazone groups is 2. The highest BCUT2D eigenvalue weighted by Gasteiger charge is 2.48. The monoisotopic (exact) mass is 768 g/mol. The normalized spacial score (nSPS) is 20.5. The fourth-order valence-corrected chi connectivity index (χ4v) is 7.41. The zero-order valence-corrected chi connectivity index (χ0v) is 32.6. The van der Waals surface area contributed by atoms with Gasteiger partial charge in [-0.15, -0.1) is 0 Å². The SMILES string of the molecule is COCCN(C)c1cc(C2=NN(C)C(=O)C2(C)NO)ccc1S(C)(=O)=O.COCCN(C)c1cc(C2=NN(C)C(=O)C2(C)NO)ccc1S(C)(=O)=O. The Bertz CT molecular complexity index is 1820. The summed E-state index contributed by atoms with van der Waals surface area (Å²) in [5, 5.41) is 29.7. The lowest BCUT2D eigenvalue weighted by Crippen LogP contribution is -2.53. The van der Waals surface area contributed by atoms with Crippen molar-refractivity contribution in [2.45, 2.75) is 34.7 Å². The van der Waals surface area contributed by atoms with Crippen molar-refractivity contribution in [2.24, 2.45) is 10.2 Å². The molecule has 2 aromatic rings. The van der Waals surface area contributed by atoms with Gasteiger partial charge in [-0.3, -0.25) is 9.59 Å². The number of hydroxylamine groups is 2. The van der Waals surface area contributed by atoms with Crippen LogP contribution >= 0.6 is 0 Å². The van der Waals surface area contributed by atoms with Gasteiger partial charge in [0.15, 0.2) is 30.8 Å². The van der Waals surface area contributed by atoms with Gasteiger partial charge in [-0.25, -0.2) is 26.9 Å². The number of carbonyl (C=O) groups is 2. The number of likely N-dealkylation sites (N-methyl/N-ethyl adjacent to an activating group) is 4. The summed E-state index contributed by atoms with van der Waals surface area (Å²) in [6.07, 6.45) is 2.28. The number of hydrogen-bond acceptors (Lipinski definition) is 16. The van der Waals surface area contributed by atoms with E-state index < -0.39 is 42.6 Å². The summed E-state index contributed by atoms with van der Waals surface area (Å²) >= 11 is 0. The summed E-state index contributed by atoms with van der Waals surface area (Å²) in [4.78, 5) is 28.4. The molecule has 2 heterocycles. The zero-order chi connectivity index (χ0) is 39.4. The van der Waals surface area contributed by atoms with Crippen LogP contribution in [0.1, 0.15) is 25.0 Å². The van der Waals surface area contributed by atoms with Crippen molar-refractivity contribution >= 4 is 54.3 Å². The van der Waals surface area contributed by atoms with Gasteiger partial charge in [0.25, 0.3) is 11.8 Å². The summed E-state index contributed by atoms with van der Waals surface area (Å²) in [6, 6.07) is 9.40. The molecule has 0 spiro atoms. The van der Waals surface area contributed by atoms with Crippen LogP contribution in [-0.4, -0.2) is 153 Å². The van der Waals surface area contributed by atoms with Gasteiger partial charge >= 0.3 is 0 Å². The van der Waals surface area contributed by atoms with E-state index in [9.17, 15) is 36.8 Å². The minimum Gasteiger partial charge on any atom is -0.383 e. The maximum Gasteiger partial charge on any atom is 0.270 e. The molecule has 2 aromatic carbocycles. The van der Waals surface area contributed by atoms with Gasteiger partial charge in [-0.05, 0) is 38.1 Å². The first-order valence-corrected chi connectivity index (χ1v) is 19.6. The third-order valence-corrected chi connectivity index (χ3v) is 11.0. The van der Waals surface area contributed by atoms with Gasteiger partial charge in [0, 0.05) is 79.1 Å². The number of sulfone groups is 2. The number of methoxy groups -OCH3 is 2. The Morgan fingerprint density at radius 2 is 1.04 bits per heavy atom. The molecule has 0 radical (unpaired) electrons. The van der Waals surface area contributed by atoms with Gasteiger partial charge in [0.2, 0.25) is 0 Å². The van der Waals surface area contributed by atoms with E-state index in [1.165, 1.54) is 40.1 Å². The molecule has 2 unspecified atom stereocenters. The van der Waals surface area contributed by atoms with Gasteiger partial charge in [-0.1, -0.05) is 12.1 Å². The van der Waals surface area contributed by atoms with Crippen molar-refractivity contribution in [3.63, 3.8) is 0 Å². The summed E-state index contributed by atoms with van der Waals surface area (Å²) in [5.41, 5.74) is 3.80. The highest BCUT2D eigenvalue weighted by molar-refractivity contribution is 7.91. The fourth-order valence-electron chi connectivity index (χ4n) is 5.59. The Morgan fingerprint density at radius 3 is 1.31 bits per heavy atom. The zero-order valence-electron chi connectivity index (χ0n) is 31.0. The van der Waals surface area contributed by atoms with E-state index in [1.807, 2.05) is 11.0 Å². The molecule has 0 aromatic heterocycles. The molecule has 0 saturated heterocycles. The second-order valence-electron chi connectivity index (χ2n) is 12.8. The molecule has 52 heavy (non-hydrogen) atoms. The molecule has 288 valence electrons. The number of ether oxygens (including phenoxy) is 2. The van der Waals surface area contributed by atoms with Crippen molar-refractivity contribution in [3.8, 4) is 0 Å². The average Bonchev–Trinajstić information content (AvgIpc) is 3.47. The quantitative estimate of drug-likeness (QED) is 0.188. The van der Waals surface area contributed by atoms with Crippen LogP contribution in [0.25, 0.3) is 0 Å². The van der Waals surface area contributed by atoms with Crippen LogP contribution in [0.3, 0.4) is 0 Å². The number of amides is 2. The van der Waals surface area contributed by atoms with Gasteiger partial charge in [0.1, 0.15) is 11.4 Å². The second-order valence-corrected chi connectivity index (χ2v) is 16.7. The minimum absolute atomic E-state index is 0.164. The van der Waals surface area contributed by atoms with Crippen LogP contribution in [0.4, 0.5) is 11.4 Å². The largest absolute Gasteiger partial charge is 0.383 e. The molecule has 4 rings (SSSR count). The van der Waals surface area contributed by atoms with Crippen molar-refractivity contribution in [2.75, 3.05) is 91.0 Å². The lowest BCUT2D eigenvalue weighted by atomic mass is 9.91. The first-order valence-electron chi connectivity index (χ1n) is 15.8. The Balaban J connectivity index is 0.000000280. The molecule has 2 atom stereocenters. The number of rotatable bonds is 14. The molecule has 0 fully saturated rings. The summed E-state index contributed by atoms with van der Waals surface area (Å²) in [5.74, 6) is -0.840. The number of nitrogens with one attached hydrogen (secondary N) is 2. The number of anilines is 2. The van der Waals surface area contributed by atoms with E-state index in [0.717, 1.165) is 22.5 Å². The van der Waals surface area contributed by atoms with Crippen LogP contribution in [0, 0.1) is 0 Å². The van der Waals surface area contributed by atoms with E-state index >= 15 is 0 Å². The smallest absolute Gasteiger partial charge is 0.270 e. The van der Waals surface area contributed by atoms with Crippen LogP contribution in [0.5, 0.6) is 0 Å². The fraction of sp³-hybridized carbons (Fsp3) is 0.500. The minimum atomic E-state index is -3.46. The van der Waals surface area contributed by atoms with E-state index in [0.29, 0.717) is 60.2 Å². The summed E-state index contributed by atoms with van der Waals surface area (Å²) in [6.45, 7) is 4.81. The molecule has 18 nitrogen and oxygen atoms in total. The number of benzene rings is 2. The molecule has 4 N–H and O–H groups in total. The molecule has 2 aliphatic heterocycles. The van der Waals surface area contributed by atoms with Gasteiger partial charge < -0.3 is 29.7 Å². The topological polar surface area (TPSA) is 223 Å². The Kier molecular flexibility index (Phi) is 13.3. The van der Waals surface area contributed by atoms with Crippen molar-refractivity contribution in [1.82, 2.24) is 21.0 Å². The predicted octanol–water partition coefficient (Wildman–Crippen LogP) is 0.173. The molecule has 2 amide bonds. The third kappa shape index (κ3) is 8.60. The number of carbonyl (C=O) groups excluding carboxylic acids is 2. The molecule has 20 heteroatoms. The summed E-state index contributed by atoms with van der Waals surface area (Å²) in [7, 11) is 2.68. The summed E-state index contributed by atoms with van der Waals surface area (Å²) < 4.78 is 58.7. The van der Waals surface area contributed by atoms with Crippen molar-refractivity contribution in [3.05, 3.63) is 47.5 Å². The Morgan fingerprint density at radius 1 is 0.712 bits per heavy atom. The molecule has 0 bridgehead atoms. The van der Waals surface area contributed by atoms with Gasteiger partial charge in [-0.2, -0.15) is 21.2 Å². The van der Waals surface area contributed by atoms with E-state index in [1.54, 1.807) is 62.4 Å². The lowest BCUT2D eigenvalue weighted by Gasteiger charge is -2.25. The molecular formula is C32H48N8O10S2. The highest BCUT2D eigenvalue weighted by Crippen LogP contribution is 2.32. The Hall–Kier alpha value is -4.02. The van der Waals surface area contributed by atoms with Gasteiger partial charge in [0.05, 0.1) is 34.4 Å². The predicted molar refractivity (Wildman–Crippen MR) is 195 cm³/mol. The second kappa shape index (κ2) is 16.3. The molecule has 2 aliphatic rings. The standard InChI is InChI=1S/2C16H24N4O5S/c2*1-16(18-22)14(17-20(3)15(16)21)11-6-7-13(26(5,23)24)12(10-11)19(2)8-9-25-4/h2*6-7,10,18,22H,8-9H2,1-5H3. The van der Waals surface area contributed by atoms with Crippen molar-refractivity contribution in [1.29, 1.82) is 0 Å². The maximum absolute atomic E-state index is 12.3. The Labute approximate surface area is 304 Å². The van der Waals surface area contributed by atoms with E-state index in [-0.39, 0.29) is 9.79 Å². The number of nitrogens with zero attached hydrogens (tertiary/aromatic N) is 6. The lowest BCUT2D eigenvalue weighted by molar-refractivity contribution is -0.135. The van der Waals surface area contributed by atoms with E-state index in [2.05, 4.69) is 10.2 Å². The molecular weight excluding hydrogens is 721 g/mol. The van der Waals surface area contributed by atoms with Crippen LogP contribution in [0.15, 0.2) is 56.4 Å². The van der Waals surface area contributed by atoms with Crippen LogP contribution < -0.4 is 20.8 Å². The first kappa shape index (κ1) is 42.4. The number of hydrogen-bond donors (Lipinski definition) is 4. The van der Waals surface area contributed by atoms with E-state index in [4.69, 9.17) is 9.47 Å². The van der Waals surface area contributed by atoms with Crippen LogP contribution in [-0.2, 0) is 38.7 Å². The molecule has 0 saturated carbocycles. The highest BCUT2D eigenvalue weighted by atomic mass is 32.2. The average molecular weight is 769 g/mol. The molecule has 0 aliphatic carbocycles. The first-order chi connectivity index (χ1) is 24.1. The van der Waals surface area contributed by atoms with Crippen LogP contribution in [0.2, 0.25) is 0 Å². The third-order valence-electron chi connectivity index (χ3n) is 8.69. The maximum atomic E-state index is 12.3. The van der Waals surface area contributed by atoms with Crippen molar-refractivity contribution < 1.29 is 46.3 Å².